The number of nitrogens with one attached hydrogen (secondary N) is 1. The van der Waals surface area contributed by atoms with Gasteiger partial charge in [-0.05, 0) is 91.5 Å². The van der Waals surface area contributed by atoms with Crippen LogP contribution in [-0.2, 0) is 0 Å². The normalized spacial score (nSPS) is 19.0. The summed E-state index contributed by atoms with van der Waals surface area (Å²) in [5, 5.41) is 4.19. The summed E-state index contributed by atoms with van der Waals surface area (Å²) in [5.74, 6) is 0.575. The second kappa shape index (κ2) is 9.76. The van der Waals surface area contributed by atoms with Crippen LogP contribution in [0.2, 0.25) is 0 Å². The Morgan fingerprint density at radius 2 is 1.68 bits per heavy atom. The molecule has 34 heavy (non-hydrogen) atoms. The van der Waals surface area contributed by atoms with Crippen molar-refractivity contribution in [2.45, 2.75) is 44.6 Å². The number of rotatable bonds is 5. The molecule has 4 heteroatoms. The average Bonchev–Trinajstić information content (AvgIpc) is 2.89. The fourth-order valence-corrected chi connectivity index (χ4v) is 5.38. The summed E-state index contributed by atoms with van der Waals surface area (Å²) in [7, 11) is 0. The van der Waals surface area contributed by atoms with Crippen molar-refractivity contribution in [3.05, 3.63) is 102 Å². The standard InChI is InChI=1S/C30H29FN2O/c1-20(33-30(34)27-10-6-5-9-25(27)22-7-3-2-4-8-22)21-11-13-23(14-12-21)26-17-18-32-29-16-15-24(31)19-28(26)29/h2-10,15-21,23H,11-14H2,1H3,(H,33,34)/t20-,21-,23-/m1/s1. The second-order valence-corrected chi connectivity index (χ2v) is 9.35. The summed E-state index contributed by atoms with van der Waals surface area (Å²) in [4.78, 5) is 17.6. The molecule has 3 aromatic carbocycles. The van der Waals surface area contributed by atoms with Crippen molar-refractivity contribution in [2.75, 3.05) is 0 Å². The Labute approximate surface area is 200 Å². The van der Waals surface area contributed by atoms with E-state index in [1.165, 1.54) is 11.6 Å². The molecule has 172 valence electrons. The fourth-order valence-electron chi connectivity index (χ4n) is 5.38. The number of carbonyl (C=O) groups excluding carboxylic acids is 1. The molecule has 1 heterocycles. The minimum atomic E-state index is -0.220. The van der Waals surface area contributed by atoms with Gasteiger partial charge in [-0.15, -0.1) is 0 Å². The molecule has 4 aromatic rings. The van der Waals surface area contributed by atoms with Crippen LogP contribution in [0.4, 0.5) is 4.39 Å². The zero-order chi connectivity index (χ0) is 23.5. The lowest BCUT2D eigenvalue weighted by Crippen LogP contribution is -2.39. The van der Waals surface area contributed by atoms with Crippen LogP contribution in [-0.4, -0.2) is 16.9 Å². The van der Waals surface area contributed by atoms with E-state index in [1.807, 2.05) is 66.9 Å². The lowest BCUT2D eigenvalue weighted by atomic mass is 9.75. The van der Waals surface area contributed by atoms with Crippen molar-refractivity contribution in [2.24, 2.45) is 5.92 Å². The Kier molecular flexibility index (Phi) is 6.39. The van der Waals surface area contributed by atoms with Crippen LogP contribution in [0.5, 0.6) is 0 Å². The lowest BCUT2D eigenvalue weighted by Gasteiger charge is -2.33. The number of benzene rings is 3. The summed E-state index contributed by atoms with van der Waals surface area (Å²) in [6, 6.07) is 24.8. The largest absolute Gasteiger partial charge is 0.349 e. The Morgan fingerprint density at radius 1 is 0.941 bits per heavy atom. The van der Waals surface area contributed by atoms with Gasteiger partial charge in [0.2, 0.25) is 0 Å². The lowest BCUT2D eigenvalue weighted by molar-refractivity contribution is 0.0918. The van der Waals surface area contributed by atoms with Gasteiger partial charge in [0.25, 0.3) is 5.91 Å². The summed E-state index contributed by atoms with van der Waals surface area (Å²) in [6.07, 6.45) is 5.95. The van der Waals surface area contributed by atoms with Crippen LogP contribution in [0.25, 0.3) is 22.0 Å². The Morgan fingerprint density at radius 3 is 2.47 bits per heavy atom. The van der Waals surface area contributed by atoms with Gasteiger partial charge in [-0.3, -0.25) is 9.78 Å². The number of fused-ring (bicyclic) bond motifs is 1. The van der Waals surface area contributed by atoms with E-state index in [0.717, 1.165) is 47.7 Å². The van der Waals surface area contributed by atoms with Gasteiger partial charge < -0.3 is 5.32 Å². The predicted molar refractivity (Wildman–Crippen MR) is 135 cm³/mol. The van der Waals surface area contributed by atoms with Crippen molar-refractivity contribution >= 4 is 16.8 Å². The van der Waals surface area contributed by atoms with Gasteiger partial charge in [-0.2, -0.15) is 0 Å². The predicted octanol–water partition coefficient (Wildman–Crippen LogP) is 7.13. The summed E-state index contributed by atoms with van der Waals surface area (Å²) < 4.78 is 13.9. The number of pyridine rings is 1. The van der Waals surface area contributed by atoms with Crippen LogP contribution >= 0.6 is 0 Å². The molecule has 1 amide bonds. The van der Waals surface area contributed by atoms with Gasteiger partial charge in [-0.1, -0.05) is 48.5 Å². The Bertz CT molecular complexity index is 1300. The Hall–Kier alpha value is -3.53. The molecule has 1 fully saturated rings. The first-order valence-electron chi connectivity index (χ1n) is 12.1. The van der Waals surface area contributed by atoms with Crippen molar-refractivity contribution in [1.29, 1.82) is 0 Å². The number of carbonyl (C=O) groups is 1. The SMILES string of the molecule is C[C@@H](NC(=O)c1ccccc1-c1ccccc1)[C@H]1CC[C@H](c2ccnc3ccc(F)cc32)CC1. The van der Waals surface area contributed by atoms with Crippen LogP contribution in [0.15, 0.2) is 85.1 Å². The third-order valence-electron chi connectivity index (χ3n) is 7.27. The number of amides is 1. The zero-order valence-corrected chi connectivity index (χ0v) is 19.4. The molecule has 1 aliphatic carbocycles. The molecule has 0 saturated heterocycles. The molecule has 0 spiro atoms. The maximum atomic E-state index is 13.9. The van der Waals surface area contributed by atoms with E-state index in [0.29, 0.717) is 17.4 Å². The van der Waals surface area contributed by atoms with E-state index in [-0.39, 0.29) is 17.8 Å². The molecule has 1 N–H and O–H groups in total. The van der Waals surface area contributed by atoms with Crippen molar-refractivity contribution in [3.63, 3.8) is 0 Å². The maximum absolute atomic E-state index is 13.9. The number of halogens is 1. The summed E-state index contributed by atoms with van der Waals surface area (Å²) in [6.45, 7) is 2.12. The van der Waals surface area contributed by atoms with E-state index in [1.54, 1.807) is 12.1 Å². The molecule has 0 unspecified atom stereocenters. The van der Waals surface area contributed by atoms with Gasteiger partial charge in [-0.25, -0.2) is 4.39 Å². The van der Waals surface area contributed by atoms with Gasteiger partial charge in [0.15, 0.2) is 0 Å². The molecule has 1 aromatic heterocycles. The number of nitrogens with zero attached hydrogens (tertiary/aromatic N) is 1. The van der Waals surface area contributed by atoms with Gasteiger partial charge in [0.05, 0.1) is 5.52 Å². The molecule has 0 bridgehead atoms. The molecule has 5 rings (SSSR count). The van der Waals surface area contributed by atoms with Gasteiger partial charge in [0, 0.05) is 23.2 Å². The number of hydrogen-bond acceptors (Lipinski definition) is 2. The third kappa shape index (κ3) is 4.58. The Balaban J connectivity index is 1.26. The van der Waals surface area contributed by atoms with Crippen LogP contribution in [0.1, 0.15) is 54.4 Å². The third-order valence-corrected chi connectivity index (χ3v) is 7.27. The van der Waals surface area contributed by atoms with E-state index in [4.69, 9.17) is 0 Å². The van der Waals surface area contributed by atoms with Gasteiger partial charge >= 0.3 is 0 Å². The molecule has 1 atom stereocenters. The van der Waals surface area contributed by atoms with E-state index in [9.17, 15) is 9.18 Å². The first-order valence-corrected chi connectivity index (χ1v) is 12.1. The minimum Gasteiger partial charge on any atom is -0.349 e. The van der Waals surface area contributed by atoms with E-state index >= 15 is 0 Å². The highest BCUT2D eigenvalue weighted by Crippen LogP contribution is 2.39. The van der Waals surface area contributed by atoms with Crippen LogP contribution < -0.4 is 5.32 Å². The first kappa shape index (κ1) is 22.3. The van der Waals surface area contributed by atoms with Crippen molar-refractivity contribution in [3.8, 4) is 11.1 Å². The van der Waals surface area contributed by atoms with Crippen molar-refractivity contribution < 1.29 is 9.18 Å². The van der Waals surface area contributed by atoms with Crippen LogP contribution in [0, 0.1) is 11.7 Å². The smallest absolute Gasteiger partial charge is 0.252 e. The molecule has 0 radical (unpaired) electrons. The average molecular weight is 453 g/mol. The van der Waals surface area contributed by atoms with Crippen LogP contribution in [0.3, 0.4) is 0 Å². The fraction of sp³-hybridized carbons (Fsp3) is 0.267. The molecule has 1 aliphatic rings. The van der Waals surface area contributed by atoms with E-state index in [2.05, 4.69) is 17.2 Å². The quantitative estimate of drug-likeness (QED) is 0.350. The molecule has 0 aliphatic heterocycles. The zero-order valence-electron chi connectivity index (χ0n) is 19.4. The maximum Gasteiger partial charge on any atom is 0.252 e. The minimum absolute atomic E-state index is 0.0234. The molecular formula is C30H29FN2O. The monoisotopic (exact) mass is 452 g/mol. The van der Waals surface area contributed by atoms with E-state index < -0.39 is 0 Å². The number of aromatic nitrogens is 1. The highest BCUT2D eigenvalue weighted by atomic mass is 19.1. The highest BCUT2D eigenvalue weighted by Gasteiger charge is 2.28. The van der Waals surface area contributed by atoms with Crippen molar-refractivity contribution in [1.82, 2.24) is 10.3 Å². The molecule has 3 nitrogen and oxygen atoms in total. The number of hydrogen-bond donors (Lipinski definition) is 1. The second-order valence-electron chi connectivity index (χ2n) is 9.35. The summed E-state index contributed by atoms with van der Waals surface area (Å²) in [5.41, 5.74) is 4.74. The molecule has 1 saturated carbocycles. The topological polar surface area (TPSA) is 42.0 Å². The summed E-state index contributed by atoms with van der Waals surface area (Å²) >= 11 is 0. The van der Waals surface area contributed by atoms with Gasteiger partial charge in [0.1, 0.15) is 5.82 Å². The molecular weight excluding hydrogens is 423 g/mol. The first-order chi connectivity index (χ1) is 16.6. The highest BCUT2D eigenvalue weighted by molar-refractivity contribution is 6.01.